The molecule has 0 aliphatic heterocycles. The van der Waals surface area contributed by atoms with Gasteiger partial charge in [0.1, 0.15) is 6.04 Å². The van der Waals surface area contributed by atoms with Crippen LogP contribution in [0.15, 0.2) is 24.3 Å². The van der Waals surface area contributed by atoms with E-state index in [0.717, 1.165) is 5.56 Å². The van der Waals surface area contributed by atoms with Crippen LogP contribution in [0.25, 0.3) is 0 Å². The monoisotopic (exact) mass is 209 g/mol. The van der Waals surface area contributed by atoms with Gasteiger partial charge in [-0.3, -0.25) is 4.79 Å². The molecule has 1 aromatic rings. The van der Waals surface area contributed by atoms with Gasteiger partial charge >= 0.3 is 5.97 Å². The number of aliphatic hydroxyl groups excluding tert-OH is 1. The van der Waals surface area contributed by atoms with Gasteiger partial charge in [-0.25, -0.2) is 0 Å². The first-order chi connectivity index (χ1) is 7.00. The van der Waals surface area contributed by atoms with Gasteiger partial charge in [0.05, 0.1) is 6.10 Å². The summed E-state index contributed by atoms with van der Waals surface area (Å²) in [4.78, 5) is 10.5. The van der Waals surface area contributed by atoms with Crippen LogP contribution in [-0.4, -0.2) is 22.2 Å². The maximum absolute atomic E-state index is 10.5. The fraction of sp³-hybridized carbons (Fsp3) is 0.364. The number of rotatable bonds is 4. The number of aliphatic hydroxyl groups is 1. The molecule has 0 bridgehead atoms. The van der Waals surface area contributed by atoms with Crippen molar-refractivity contribution in [3.63, 3.8) is 0 Å². The van der Waals surface area contributed by atoms with Crippen molar-refractivity contribution in [2.24, 2.45) is 5.73 Å². The van der Waals surface area contributed by atoms with Crippen molar-refractivity contribution >= 4 is 5.97 Å². The first kappa shape index (κ1) is 11.7. The van der Waals surface area contributed by atoms with Crippen LogP contribution in [0.5, 0.6) is 0 Å². The third-order valence-electron chi connectivity index (χ3n) is 2.22. The first-order valence-corrected chi connectivity index (χ1v) is 4.73. The molecule has 0 fully saturated rings. The molecule has 0 radical (unpaired) electrons. The van der Waals surface area contributed by atoms with Crippen LogP contribution in [0.1, 0.15) is 23.7 Å². The van der Waals surface area contributed by atoms with Gasteiger partial charge in [0.2, 0.25) is 0 Å². The lowest BCUT2D eigenvalue weighted by atomic mass is 10.0. The highest BCUT2D eigenvalue weighted by atomic mass is 16.4. The Kier molecular flexibility index (Phi) is 3.82. The summed E-state index contributed by atoms with van der Waals surface area (Å²) in [6.07, 6.45) is -0.797. The van der Waals surface area contributed by atoms with Crippen molar-refractivity contribution in [1.82, 2.24) is 0 Å². The van der Waals surface area contributed by atoms with Gasteiger partial charge in [-0.1, -0.05) is 29.8 Å². The van der Waals surface area contributed by atoms with E-state index in [1.54, 1.807) is 6.07 Å². The number of aryl methyl sites for hydroxylation is 1. The quantitative estimate of drug-likeness (QED) is 0.685. The molecule has 0 unspecified atom stereocenters. The Balaban J connectivity index is 2.68. The lowest BCUT2D eigenvalue weighted by Crippen LogP contribution is -2.31. The molecule has 15 heavy (non-hydrogen) atoms. The molecule has 0 aromatic heterocycles. The summed E-state index contributed by atoms with van der Waals surface area (Å²) >= 11 is 0. The summed E-state index contributed by atoms with van der Waals surface area (Å²) in [5.74, 6) is -1.10. The molecule has 0 saturated carbocycles. The minimum absolute atomic E-state index is 0.0266. The maximum Gasteiger partial charge on any atom is 0.320 e. The SMILES string of the molecule is Cc1cccc([C@@H](O)C[C@H](N)C(=O)O)c1. The third-order valence-corrected chi connectivity index (χ3v) is 2.22. The molecule has 0 heterocycles. The number of benzene rings is 1. The van der Waals surface area contributed by atoms with Gasteiger partial charge in [0, 0.05) is 6.42 Å². The predicted octanol–water partition coefficient (Wildman–Crippen LogP) is 0.830. The van der Waals surface area contributed by atoms with E-state index in [-0.39, 0.29) is 6.42 Å². The van der Waals surface area contributed by atoms with E-state index in [1.165, 1.54) is 0 Å². The number of carboxylic acids is 1. The molecule has 2 atom stereocenters. The van der Waals surface area contributed by atoms with Crippen LogP contribution in [0.3, 0.4) is 0 Å². The van der Waals surface area contributed by atoms with E-state index >= 15 is 0 Å². The van der Waals surface area contributed by atoms with Gasteiger partial charge < -0.3 is 15.9 Å². The average molecular weight is 209 g/mol. The Morgan fingerprint density at radius 3 is 2.73 bits per heavy atom. The number of aliphatic carboxylic acids is 1. The zero-order valence-corrected chi connectivity index (χ0v) is 8.55. The molecule has 82 valence electrons. The summed E-state index contributed by atoms with van der Waals surface area (Å²) in [5.41, 5.74) is 7.06. The molecule has 1 aromatic carbocycles. The summed E-state index contributed by atoms with van der Waals surface area (Å²) in [6, 6.07) is 6.28. The molecule has 0 saturated heterocycles. The number of hydrogen-bond acceptors (Lipinski definition) is 3. The number of carbonyl (C=O) groups is 1. The van der Waals surface area contributed by atoms with E-state index < -0.39 is 18.1 Å². The third kappa shape index (κ3) is 3.34. The average Bonchev–Trinajstić information content (AvgIpc) is 2.17. The second-order valence-electron chi connectivity index (χ2n) is 3.61. The fourth-order valence-electron chi connectivity index (χ4n) is 1.35. The van der Waals surface area contributed by atoms with Crippen molar-refractivity contribution in [2.45, 2.75) is 25.5 Å². The zero-order valence-electron chi connectivity index (χ0n) is 8.55. The molecule has 4 nitrogen and oxygen atoms in total. The molecule has 0 spiro atoms. The highest BCUT2D eigenvalue weighted by Crippen LogP contribution is 2.18. The summed E-state index contributed by atoms with van der Waals surface area (Å²) in [5, 5.41) is 18.3. The Morgan fingerprint density at radius 2 is 2.20 bits per heavy atom. The van der Waals surface area contributed by atoms with Crippen molar-refractivity contribution in [1.29, 1.82) is 0 Å². The van der Waals surface area contributed by atoms with Crippen LogP contribution < -0.4 is 5.73 Å². The van der Waals surface area contributed by atoms with Gasteiger partial charge in [-0.05, 0) is 12.5 Å². The topological polar surface area (TPSA) is 83.5 Å². The lowest BCUT2D eigenvalue weighted by Gasteiger charge is -2.14. The van der Waals surface area contributed by atoms with Crippen LogP contribution in [-0.2, 0) is 4.79 Å². The molecular weight excluding hydrogens is 194 g/mol. The summed E-state index contributed by atoms with van der Waals surface area (Å²) in [6.45, 7) is 1.91. The van der Waals surface area contributed by atoms with E-state index in [2.05, 4.69) is 0 Å². The fourth-order valence-corrected chi connectivity index (χ4v) is 1.35. The normalized spacial score (nSPS) is 14.6. The number of hydrogen-bond donors (Lipinski definition) is 3. The smallest absolute Gasteiger partial charge is 0.320 e. The second kappa shape index (κ2) is 4.91. The zero-order chi connectivity index (χ0) is 11.4. The Morgan fingerprint density at radius 1 is 1.53 bits per heavy atom. The lowest BCUT2D eigenvalue weighted by molar-refractivity contribution is -0.139. The van der Waals surface area contributed by atoms with Crippen LogP contribution in [0.2, 0.25) is 0 Å². The van der Waals surface area contributed by atoms with Crippen LogP contribution >= 0.6 is 0 Å². The van der Waals surface area contributed by atoms with Crippen molar-refractivity contribution in [2.75, 3.05) is 0 Å². The minimum Gasteiger partial charge on any atom is -0.480 e. The van der Waals surface area contributed by atoms with Crippen molar-refractivity contribution < 1.29 is 15.0 Å². The first-order valence-electron chi connectivity index (χ1n) is 4.73. The van der Waals surface area contributed by atoms with Crippen LogP contribution in [0.4, 0.5) is 0 Å². The standard InChI is InChI=1S/C11H15NO3/c1-7-3-2-4-8(5-7)10(13)6-9(12)11(14)15/h2-5,9-10,13H,6,12H2,1H3,(H,14,15)/t9-,10-/m0/s1. The number of carboxylic acid groups (broad SMARTS) is 1. The van der Waals surface area contributed by atoms with Gasteiger partial charge in [-0.15, -0.1) is 0 Å². The Bertz CT molecular complexity index is 351. The van der Waals surface area contributed by atoms with Gasteiger partial charge in [0.15, 0.2) is 0 Å². The van der Waals surface area contributed by atoms with Gasteiger partial charge in [0.25, 0.3) is 0 Å². The molecule has 0 aliphatic rings. The molecule has 4 N–H and O–H groups in total. The molecule has 4 heteroatoms. The maximum atomic E-state index is 10.5. The molecular formula is C11H15NO3. The Hall–Kier alpha value is -1.39. The van der Waals surface area contributed by atoms with Crippen molar-refractivity contribution in [3.05, 3.63) is 35.4 Å². The van der Waals surface area contributed by atoms with Crippen molar-refractivity contribution in [3.8, 4) is 0 Å². The molecule has 1 rings (SSSR count). The second-order valence-corrected chi connectivity index (χ2v) is 3.61. The molecule has 0 aliphatic carbocycles. The Labute approximate surface area is 88.3 Å². The van der Waals surface area contributed by atoms with E-state index in [4.69, 9.17) is 10.8 Å². The minimum atomic E-state index is -1.10. The number of nitrogens with two attached hydrogens (primary N) is 1. The van der Waals surface area contributed by atoms with E-state index in [1.807, 2.05) is 25.1 Å². The molecule has 0 amide bonds. The van der Waals surface area contributed by atoms with E-state index in [0.29, 0.717) is 5.56 Å². The summed E-state index contributed by atoms with van der Waals surface area (Å²) < 4.78 is 0. The largest absolute Gasteiger partial charge is 0.480 e. The highest BCUT2D eigenvalue weighted by molar-refractivity contribution is 5.73. The van der Waals surface area contributed by atoms with Crippen LogP contribution in [0, 0.1) is 6.92 Å². The highest BCUT2D eigenvalue weighted by Gasteiger charge is 2.17. The summed E-state index contributed by atoms with van der Waals surface area (Å²) in [7, 11) is 0. The predicted molar refractivity (Wildman–Crippen MR) is 56.4 cm³/mol. The van der Waals surface area contributed by atoms with E-state index in [9.17, 15) is 9.90 Å². The van der Waals surface area contributed by atoms with Gasteiger partial charge in [-0.2, -0.15) is 0 Å².